The molecule has 100 valence electrons. The Bertz CT molecular complexity index is 439. The summed E-state index contributed by atoms with van der Waals surface area (Å²) >= 11 is 0. The number of benzene rings is 1. The molecule has 0 amide bonds. The van der Waals surface area contributed by atoms with Gasteiger partial charge in [0.05, 0.1) is 19.8 Å². The summed E-state index contributed by atoms with van der Waals surface area (Å²) in [5.41, 5.74) is 0.0772. The molecule has 0 spiro atoms. The van der Waals surface area contributed by atoms with Gasteiger partial charge in [0.2, 0.25) is 0 Å². The molecule has 0 radical (unpaired) electrons. The summed E-state index contributed by atoms with van der Waals surface area (Å²) in [7, 11) is 1.49. The van der Waals surface area contributed by atoms with E-state index in [4.69, 9.17) is 9.47 Å². The lowest BCUT2D eigenvalue weighted by atomic mass is 9.84. The molecule has 0 atom stereocenters. The molecule has 0 aromatic heterocycles. The predicted molar refractivity (Wildman–Crippen MR) is 66.7 cm³/mol. The maximum absolute atomic E-state index is 13.6. The van der Waals surface area contributed by atoms with Gasteiger partial charge < -0.3 is 14.6 Å². The predicted octanol–water partition coefficient (Wildman–Crippen LogP) is 2.65. The fraction of sp³-hybridized carbons (Fsp3) is 0.571. The molecule has 1 aromatic carbocycles. The first kappa shape index (κ1) is 13.1. The zero-order chi connectivity index (χ0) is 13.3. The number of aliphatic hydroxyl groups is 1. The highest BCUT2D eigenvalue weighted by Gasteiger charge is 2.31. The van der Waals surface area contributed by atoms with Gasteiger partial charge in [0.15, 0.2) is 11.5 Å². The summed E-state index contributed by atoms with van der Waals surface area (Å²) < 4.78 is 24.6. The lowest BCUT2D eigenvalue weighted by Gasteiger charge is -2.26. The van der Waals surface area contributed by atoms with E-state index in [0.29, 0.717) is 17.1 Å². The Morgan fingerprint density at radius 1 is 1.39 bits per heavy atom. The molecule has 1 N–H and O–H groups in total. The largest absolute Gasteiger partial charge is 0.493 e. The molecule has 0 saturated heterocycles. The number of aliphatic hydroxyl groups excluding tert-OH is 1. The summed E-state index contributed by atoms with van der Waals surface area (Å²) in [4.78, 5) is 0. The molecular weight excluding hydrogens is 235 g/mol. The first-order valence-electron chi connectivity index (χ1n) is 6.13. The minimum atomic E-state index is -0.570. The van der Waals surface area contributed by atoms with Crippen molar-refractivity contribution in [2.75, 3.05) is 13.7 Å². The molecular formula is C14H19FO3. The first-order chi connectivity index (χ1) is 8.47. The third-order valence-electron chi connectivity index (χ3n) is 3.17. The Labute approximate surface area is 107 Å². The Hall–Kier alpha value is -1.29. The molecule has 0 heterocycles. The van der Waals surface area contributed by atoms with Gasteiger partial charge in [-0.05, 0) is 18.9 Å². The molecule has 18 heavy (non-hydrogen) atoms. The van der Waals surface area contributed by atoms with E-state index in [9.17, 15) is 9.50 Å². The SMILES string of the molecule is COc1cc(F)cc(C(C)(C)CO)c1OC1CC1. The van der Waals surface area contributed by atoms with Crippen molar-refractivity contribution in [1.82, 2.24) is 0 Å². The maximum Gasteiger partial charge on any atom is 0.165 e. The number of methoxy groups -OCH3 is 1. The number of halogens is 1. The van der Waals surface area contributed by atoms with Crippen LogP contribution in [0.1, 0.15) is 32.3 Å². The minimum Gasteiger partial charge on any atom is -0.493 e. The molecule has 0 bridgehead atoms. The van der Waals surface area contributed by atoms with Gasteiger partial charge in [0, 0.05) is 17.0 Å². The quantitative estimate of drug-likeness (QED) is 0.878. The molecule has 1 fully saturated rings. The highest BCUT2D eigenvalue weighted by molar-refractivity contribution is 5.50. The third kappa shape index (κ3) is 2.58. The second-order valence-corrected chi connectivity index (χ2v) is 5.34. The lowest BCUT2D eigenvalue weighted by Crippen LogP contribution is -2.24. The normalized spacial score (nSPS) is 15.6. The number of hydrogen-bond acceptors (Lipinski definition) is 3. The van der Waals surface area contributed by atoms with Gasteiger partial charge >= 0.3 is 0 Å². The van der Waals surface area contributed by atoms with E-state index >= 15 is 0 Å². The summed E-state index contributed by atoms with van der Waals surface area (Å²) in [6.45, 7) is 3.61. The zero-order valence-electron chi connectivity index (χ0n) is 11.0. The second-order valence-electron chi connectivity index (χ2n) is 5.34. The van der Waals surface area contributed by atoms with Crippen LogP contribution in [-0.2, 0) is 5.41 Å². The summed E-state index contributed by atoms with van der Waals surface area (Å²) in [5.74, 6) is 0.561. The van der Waals surface area contributed by atoms with E-state index in [1.165, 1.54) is 19.2 Å². The first-order valence-corrected chi connectivity index (χ1v) is 6.13. The van der Waals surface area contributed by atoms with Crippen LogP contribution in [0.5, 0.6) is 11.5 Å². The molecule has 1 saturated carbocycles. The van der Waals surface area contributed by atoms with Crippen molar-refractivity contribution >= 4 is 0 Å². The van der Waals surface area contributed by atoms with Crippen molar-refractivity contribution in [2.24, 2.45) is 0 Å². The standard InChI is InChI=1S/C14H19FO3/c1-14(2,8-16)11-6-9(15)7-12(17-3)13(11)18-10-4-5-10/h6-7,10,16H,4-5,8H2,1-3H3. The number of rotatable bonds is 5. The Morgan fingerprint density at radius 2 is 2.06 bits per heavy atom. The average molecular weight is 254 g/mol. The van der Waals surface area contributed by atoms with Crippen molar-refractivity contribution < 1.29 is 19.0 Å². The fourth-order valence-electron chi connectivity index (χ4n) is 1.78. The van der Waals surface area contributed by atoms with Gasteiger partial charge in [-0.3, -0.25) is 0 Å². The van der Waals surface area contributed by atoms with E-state index in [1.54, 1.807) is 0 Å². The minimum absolute atomic E-state index is 0.0827. The third-order valence-corrected chi connectivity index (χ3v) is 3.17. The van der Waals surface area contributed by atoms with Gasteiger partial charge in [-0.15, -0.1) is 0 Å². The Morgan fingerprint density at radius 3 is 2.56 bits per heavy atom. The molecule has 1 aromatic rings. The topological polar surface area (TPSA) is 38.7 Å². The van der Waals surface area contributed by atoms with Crippen LogP contribution in [0.25, 0.3) is 0 Å². The highest BCUT2D eigenvalue weighted by atomic mass is 19.1. The van der Waals surface area contributed by atoms with Crippen molar-refractivity contribution in [3.63, 3.8) is 0 Å². The van der Waals surface area contributed by atoms with Gasteiger partial charge in [-0.25, -0.2) is 4.39 Å². The Balaban J connectivity index is 2.49. The second kappa shape index (κ2) is 4.76. The van der Waals surface area contributed by atoms with Crippen LogP contribution in [0.3, 0.4) is 0 Å². The summed E-state index contributed by atoms with van der Waals surface area (Å²) in [6.07, 6.45) is 2.22. The number of hydrogen-bond donors (Lipinski definition) is 1. The Kier molecular flexibility index (Phi) is 3.48. The summed E-state index contributed by atoms with van der Waals surface area (Å²) in [5, 5.41) is 9.46. The van der Waals surface area contributed by atoms with Gasteiger partial charge in [0.1, 0.15) is 5.82 Å². The van der Waals surface area contributed by atoms with Crippen LogP contribution < -0.4 is 9.47 Å². The smallest absolute Gasteiger partial charge is 0.165 e. The lowest BCUT2D eigenvalue weighted by molar-refractivity contribution is 0.208. The molecule has 1 aliphatic rings. The molecule has 3 nitrogen and oxygen atoms in total. The van der Waals surface area contributed by atoms with E-state index in [2.05, 4.69) is 0 Å². The van der Waals surface area contributed by atoms with Crippen LogP contribution in [0.15, 0.2) is 12.1 Å². The van der Waals surface area contributed by atoms with E-state index in [-0.39, 0.29) is 18.5 Å². The van der Waals surface area contributed by atoms with Crippen molar-refractivity contribution in [1.29, 1.82) is 0 Å². The van der Waals surface area contributed by atoms with Crippen molar-refractivity contribution in [2.45, 2.75) is 38.2 Å². The molecule has 4 heteroatoms. The fourth-order valence-corrected chi connectivity index (χ4v) is 1.78. The molecule has 2 rings (SSSR count). The highest BCUT2D eigenvalue weighted by Crippen LogP contribution is 2.42. The maximum atomic E-state index is 13.6. The van der Waals surface area contributed by atoms with Crippen LogP contribution in [-0.4, -0.2) is 24.9 Å². The van der Waals surface area contributed by atoms with Crippen molar-refractivity contribution in [3.05, 3.63) is 23.5 Å². The van der Waals surface area contributed by atoms with Crippen LogP contribution in [0, 0.1) is 5.82 Å². The van der Waals surface area contributed by atoms with Gasteiger partial charge in [-0.1, -0.05) is 13.8 Å². The zero-order valence-corrected chi connectivity index (χ0v) is 11.0. The summed E-state index contributed by atoms with van der Waals surface area (Å²) in [6, 6.07) is 2.73. The van der Waals surface area contributed by atoms with E-state index in [1.807, 2.05) is 13.8 Å². The molecule has 1 aliphatic carbocycles. The monoisotopic (exact) mass is 254 g/mol. The molecule has 0 unspecified atom stereocenters. The number of ether oxygens (including phenoxy) is 2. The van der Waals surface area contributed by atoms with E-state index in [0.717, 1.165) is 12.8 Å². The average Bonchev–Trinajstić information content (AvgIpc) is 3.14. The van der Waals surface area contributed by atoms with Crippen LogP contribution >= 0.6 is 0 Å². The van der Waals surface area contributed by atoms with Crippen molar-refractivity contribution in [3.8, 4) is 11.5 Å². The van der Waals surface area contributed by atoms with Crippen LogP contribution in [0.2, 0.25) is 0 Å². The van der Waals surface area contributed by atoms with Gasteiger partial charge in [-0.2, -0.15) is 0 Å². The van der Waals surface area contributed by atoms with Gasteiger partial charge in [0.25, 0.3) is 0 Å². The molecule has 0 aliphatic heterocycles. The van der Waals surface area contributed by atoms with Crippen LogP contribution in [0.4, 0.5) is 4.39 Å². The van der Waals surface area contributed by atoms with E-state index < -0.39 is 5.41 Å².